The average Bonchev–Trinajstić information content (AvgIpc) is 2.11. The van der Waals surface area contributed by atoms with E-state index in [2.05, 4.69) is 0 Å². The zero-order chi connectivity index (χ0) is 7.78. The smallest absolute Gasteiger partial charge is 0.0989 e. The predicted molar refractivity (Wildman–Crippen MR) is 44.6 cm³/mol. The molecule has 56 valence electrons. The molecule has 0 spiro atoms. The van der Waals surface area contributed by atoms with Crippen LogP contribution in [0.25, 0.3) is 0 Å². The molecule has 0 unspecified atom stereocenters. The van der Waals surface area contributed by atoms with Crippen LogP contribution in [-0.2, 0) is 5.60 Å². The number of thiophene rings is 1. The third-order valence-corrected chi connectivity index (χ3v) is 2.45. The number of aliphatic hydroxyl groups is 1. The summed E-state index contributed by atoms with van der Waals surface area (Å²) in [4.78, 5) is 0. The van der Waals surface area contributed by atoms with Gasteiger partial charge in [-0.3, -0.25) is 0 Å². The van der Waals surface area contributed by atoms with Crippen molar-refractivity contribution in [2.75, 3.05) is 0 Å². The monoisotopic (exact) mass is 176 g/mol. The fraction of sp³-hybridized carbons (Fsp3) is 0.429. The Morgan fingerprint density at radius 3 is 2.40 bits per heavy atom. The second-order valence-corrected chi connectivity index (χ2v) is 4.19. The van der Waals surface area contributed by atoms with Crippen LogP contribution in [0.3, 0.4) is 0 Å². The first kappa shape index (κ1) is 8.05. The van der Waals surface area contributed by atoms with E-state index in [-0.39, 0.29) is 0 Å². The van der Waals surface area contributed by atoms with Gasteiger partial charge in [-0.1, -0.05) is 11.6 Å². The molecule has 0 aliphatic rings. The van der Waals surface area contributed by atoms with Gasteiger partial charge in [0.25, 0.3) is 0 Å². The van der Waals surface area contributed by atoms with Crippen molar-refractivity contribution in [3.05, 3.63) is 21.3 Å². The van der Waals surface area contributed by atoms with E-state index < -0.39 is 5.60 Å². The van der Waals surface area contributed by atoms with Crippen LogP contribution in [0.5, 0.6) is 0 Å². The molecule has 1 aromatic rings. The maximum Gasteiger partial charge on any atom is 0.0989 e. The Balaban J connectivity index is 3.05. The molecule has 0 aliphatic heterocycles. The van der Waals surface area contributed by atoms with Crippen LogP contribution in [0.2, 0.25) is 4.34 Å². The molecule has 0 fully saturated rings. The summed E-state index contributed by atoms with van der Waals surface area (Å²) in [5, 5.41) is 11.4. The van der Waals surface area contributed by atoms with Gasteiger partial charge in [0, 0.05) is 5.56 Å². The van der Waals surface area contributed by atoms with Crippen molar-refractivity contribution in [1.82, 2.24) is 0 Å². The van der Waals surface area contributed by atoms with Crippen molar-refractivity contribution in [2.24, 2.45) is 0 Å². The SMILES string of the molecule is CC(C)(O)c1ccsc1Cl. The largest absolute Gasteiger partial charge is 0.386 e. The van der Waals surface area contributed by atoms with Gasteiger partial charge in [-0.05, 0) is 25.3 Å². The Bertz CT molecular complexity index is 224. The van der Waals surface area contributed by atoms with Gasteiger partial charge in [-0.25, -0.2) is 0 Å². The highest BCUT2D eigenvalue weighted by atomic mass is 35.5. The third kappa shape index (κ3) is 1.51. The molecule has 1 aromatic heterocycles. The highest BCUT2D eigenvalue weighted by molar-refractivity contribution is 7.14. The predicted octanol–water partition coefficient (Wildman–Crippen LogP) is 2.63. The Hall–Kier alpha value is -0.0500. The first-order chi connectivity index (χ1) is 4.52. The fourth-order valence-electron chi connectivity index (χ4n) is 0.735. The minimum absolute atomic E-state index is 0.674. The van der Waals surface area contributed by atoms with Gasteiger partial charge in [-0.15, -0.1) is 11.3 Å². The first-order valence-electron chi connectivity index (χ1n) is 2.97. The molecule has 0 aromatic carbocycles. The van der Waals surface area contributed by atoms with Crippen molar-refractivity contribution >= 4 is 22.9 Å². The Kier molecular flexibility index (Phi) is 2.04. The number of halogens is 1. The van der Waals surface area contributed by atoms with Crippen molar-refractivity contribution in [2.45, 2.75) is 19.4 Å². The molecule has 0 aliphatic carbocycles. The quantitative estimate of drug-likeness (QED) is 0.698. The molecule has 1 nitrogen and oxygen atoms in total. The van der Waals surface area contributed by atoms with E-state index >= 15 is 0 Å². The van der Waals surface area contributed by atoms with Crippen molar-refractivity contribution in [3.63, 3.8) is 0 Å². The van der Waals surface area contributed by atoms with Gasteiger partial charge < -0.3 is 5.11 Å². The molecule has 0 bridgehead atoms. The number of hydrogen-bond donors (Lipinski definition) is 1. The second-order valence-electron chi connectivity index (χ2n) is 2.67. The van der Waals surface area contributed by atoms with Crippen LogP contribution in [0.1, 0.15) is 19.4 Å². The van der Waals surface area contributed by atoms with E-state index in [0.29, 0.717) is 4.34 Å². The van der Waals surface area contributed by atoms with E-state index in [1.165, 1.54) is 11.3 Å². The maximum atomic E-state index is 9.48. The fourth-order valence-corrected chi connectivity index (χ4v) is 1.95. The summed E-state index contributed by atoms with van der Waals surface area (Å²) in [5.41, 5.74) is -0.00367. The lowest BCUT2D eigenvalue weighted by molar-refractivity contribution is 0.0792. The minimum atomic E-state index is -0.808. The zero-order valence-corrected chi connectivity index (χ0v) is 7.46. The average molecular weight is 177 g/mol. The number of rotatable bonds is 1. The molecule has 1 N–H and O–H groups in total. The molecule has 0 saturated carbocycles. The van der Waals surface area contributed by atoms with Crippen molar-refractivity contribution < 1.29 is 5.11 Å². The minimum Gasteiger partial charge on any atom is -0.386 e. The third-order valence-electron chi connectivity index (χ3n) is 1.28. The lowest BCUT2D eigenvalue weighted by Crippen LogP contribution is -2.14. The van der Waals surface area contributed by atoms with Gasteiger partial charge in [0.2, 0.25) is 0 Å². The van der Waals surface area contributed by atoms with Crippen molar-refractivity contribution in [3.8, 4) is 0 Å². The summed E-state index contributed by atoms with van der Waals surface area (Å²) in [6, 6.07) is 1.84. The highest BCUT2D eigenvalue weighted by Crippen LogP contribution is 2.31. The molecule has 1 rings (SSSR count). The van der Waals surface area contributed by atoms with E-state index in [0.717, 1.165) is 5.56 Å². The van der Waals surface area contributed by atoms with Crippen LogP contribution in [0, 0.1) is 0 Å². The van der Waals surface area contributed by atoms with Crippen LogP contribution >= 0.6 is 22.9 Å². The van der Waals surface area contributed by atoms with E-state index in [4.69, 9.17) is 11.6 Å². The van der Waals surface area contributed by atoms with Gasteiger partial charge in [0.15, 0.2) is 0 Å². The molecular formula is C7H9ClOS. The summed E-state index contributed by atoms with van der Waals surface area (Å²) in [5.74, 6) is 0. The summed E-state index contributed by atoms with van der Waals surface area (Å²) in [6.07, 6.45) is 0. The Morgan fingerprint density at radius 2 is 2.20 bits per heavy atom. The van der Waals surface area contributed by atoms with Gasteiger partial charge >= 0.3 is 0 Å². The summed E-state index contributed by atoms with van der Waals surface area (Å²) in [6.45, 7) is 3.45. The second kappa shape index (κ2) is 2.53. The molecule has 0 radical (unpaired) electrons. The standard InChI is InChI=1S/C7H9ClOS/c1-7(2,9)5-3-4-10-6(5)8/h3-4,9H,1-2H3. The van der Waals surface area contributed by atoms with Crippen LogP contribution < -0.4 is 0 Å². The van der Waals surface area contributed by atoms with Crippen molar-refractivity contribution in [1.29, 1.82) is 0 Å². The molecule has 0 amide bonds. The lowest BCUT2D eigenvalue weighted by atomic mass is 10.0. The van der Waals surface area contributed by atoms with Gasteiger partial charge in [0.05, 0.1) is 9.94 Å². The van der Waals surface area contributed by atoms with E-state index in [1.54, 1.807) is 13.8 Å². The van der Waals surface area contributed by atoms with Crippen LogP contribution in [0.4, 0.5) is 0 Å². The molecule has 0 saturated heterocycles. The lowest BCUT2D eigenvalue weighted by Gasteiger charge is -2.15. The van der Waals surface area contributed by atoms with Gasteiger partial charge in [0.1, 0.15) is 0 Å². The molecule has 0 atom stereocenters. The maximum absolute atomic E-state index is 9.48. The summed E-state index contributed by atoms with van der Waals surface area (Å²) in [7, 11) is 0. The van der Waals surface area contributed by atoms with Gasteiger partial charge in [-0.2, -0.15) is 0 Å². The Labute approximate surface area is 69.3 Å². The first-order valence-corrected chi connectivity index (χ1v) is 4.23. The topological polar surface area (TPSA) is 20.2 Å². The highest BCUT2D eigenvalue weighted by Gasteiger charge is 2.19. The molecular weight excluding hydrogens is 168 g/mol. The molecule has 3 heteroatoms. The summed E-state index contributed by atoms with van der Waals surface area (Å²) >= 11 is 7.22. The van der Waals surface area contributed by atoms with Crippen LogP contribution in [-0.4, -0.2) is 5.11 Å². The molecule has 1 heterocycles. The van der Waals surface area contributed by atoms with E-state index in [9.17, 15) is 5.11 Å². The zero-order valence-electron chi connectivity index (χ0n) is 5.89. The number of hydrogen-bond acceptors (Lipinski definition) is 2. The normalized spacial score (nSPS) is 12.0. The summed E-state index contributed by atoms with van der Waals surface area (Å²) < 4.78 is 0.674. The van der Waals surface area contributed by atoms with E-state index in [1.807, 2.05) is 11.4 Å². The van der Waals surface area contributed by atoms with Crippen LogP contribution in [0.15, 0.2) is 11.4 Å². The molecule has 10 heavy (non-hydrogen) atoms. The Morgan fingerprint density at radius 1 is 1.60 bits per heavy atom.